The molecule has 0 spiro atoms. The number of carbonyl (C=O) groups is 2. The monoisotopic (exact) mass is 351 g/mol. The van der Waals surface area contributed by atoms with E-state index in [1.54, 1.807) is 24.3 Å². The van der Waals surface area contributed by atoms with Gasteiger partial charge in [-0.3, -0.25) is 9.59 Å². The molecule has 0 bridgehead atoms. The van der Waals surface area contributed by atoms with Crippen molar-refractivity contribution in [3.63, 3.8) is 0 Å². The third kappa shape index (κ3) is 5.35. The van der Waals surface area contributed by atoms with Crippen LogP contribution in [-0.4, -0.2) is 18.4 Å². The van der Waals surface area contributed by atoms with Gasteiger partial charge in [0.05, 0.1) is 6.07 Å². The Morgan fingerprint density at radius 1 is 1.08 bits per heavy atom. The van der Waals surface area contributed by atoms with Crippen LogP contribution in [0.15, 0.2) is 42.5 Å². The van der Waals surface area contributed by atoms with E-state index in [4.69, 9.17) is 10.00 Å². The third-order valence-electron chi connectivity index (χ3n) is 3.92. The molecule has 2 amide bonds. The van der Waals surface area contributed by atoms with Crippen molar-refractivity contribution in [1.29, 1.82) is 5.26 Å². The lowest BCUT2D eigenvalue weighted by molar-refractivity contribution is -0.120. The van der Waals surface area contributed by atoms with Crippen LogP contribution in [0.5, 0.6) is 5.75 Å². The highest BCUT2D eigenvalue weighted by Gasteiger charge is 2.10. The van der Waals surface area contributed by atoms with Crippen molar-refractivity contribution in [2.45, 2.75) is 26.8 Å². The molecule has 2 aromatic carbocycles. The van der Waals surface area contributed by atoms with Gasteiger partial charge in [-0.2, -0.15) is 5.26 Å². The topological polar surface area (TPSA) is 91.2 Å². The molecule has 0 aliphatic carbocycles. The van der Waals surface area contributed by atoms with Crippen LogP contribution in [-0.2, 0) is 16.1 Å². The SMILES string of the molecule is Cc1cccc(OCC(=O)Nc2ccccc2CNC(=O)CC#N)c1C. The van der Waals surface area contributed by atoms with Gasteiger partial charge in [0.25, 0.3) is 5.91 Å². The number of anilines is 1. The Labute approximate surface area is 152 Å². The number of aryl methyl sites for hydroxylation is 1. The largest absolute Gasteiger partial charge is 0.483 e. The van der Waals surface area contributed by atoms with E-state index in [0.717, 1.165) is 16.7 Å². The molecule has 6 heteroatoms. The van der Waals surface area contributed by atoms with Crippen molar-refractivity contribution in [3.8, 4) is 11.8 Å². The van der Waals surface area contributed by atoms with Crippen LogP contribution < -0.4 is 15.4 Å². The molecule has 6 nitrogen and oxygen atoms in total. The van der Waals surface area contributed by atoms with Crippen molar-refractivity contribution >= 4 is 17.5 Å². The van der Waals surface area contributed by atoms with Gasteiger partial charge in [0.2, 0.25) is 5.91 Å². The highest BCUT2D eigenvalue weighted by molar-refractivity contribution is 5.92. The molecule has 2 aromatic rings. The van der Waals surface area contributed by atoms with Crippen molar-refractivity contribution in [3.05, 3.63) is 59.2 Å². The molecule has 0 aliphatic rings. The van der Waals surface area contributed by atoms with E-state index in [2.05, 4.69) is 10.6 Å². The summed E-state index contributed by atoms with van der Waals surface area (Å²) < 4.78 is 5.60. The summed E-state index contributed by atoms with van der Waals surface area (Å²) in [5.41, 5.74) is 3.44. The van der Waals surface area contributed by atoms with Crippen LogP contribution in [0.4, 0.5) is 5.69 Å². The minimum Gasteiger partial charge on any atom is -0.483 e. The predicted molar refractivity (Wildman–Crippen MR) is 98.6 cm³/mol. The number of benzene rings is 2. The smallest absolute Gasteiger partial charge is 0.262 e. The van der Waals surface area contributed by atoms with Gasteiger partial charge in [-0.1, -0.05) is 30.3 Å². The van der Waals surface area contributed by atoms with E-state index in [9.17, 15) is 9.59 Å². The third-order valence-corrected chi connectivity index (χ3v) is 3.92. The van der Waals surface area contributed by atoms with Gasteiger partial charge in [0.1, 0.15) is 12.2 Å². The van der Waals surface area contributed by atoms with E-state index in [-0.39, 0.29) is 31.4 Å². The number of hydrogen-bond acceptors (Lipinski definition) is 4. The van der Waals surface area contributed by atoms with Gasteiger partial charge >= 0.3 is 0 Å². The number of para-hydroxylation sites is 1. The number of rotatable bonds is 7. The lowest BCUT2D eigenvalue weighted by atomic mass is 10.1. The minimum absolute atomic E-state index is 0.112. The summed E-state index contributed by atoms with van der Waals surface area (Å²) in [4.78, 5) is 23.6. The quantitative estimate of drug-likeness (QED) is 0.802. The Balaban J connectivity index is 1.95. The van der Waals surface area contributed by atoms with Crippen molar-refractivity contribution in [2.75, 3.05) is 11.9 Å². The van der Waals surface area contributed by atoms with Gasteiger partial charge in [-0.25, -0.2) is 0 Å². The lowest BCUT2D eigenvalue weighted by Gasteiger charge is -2.13. The molecule has 0 unspecified atom stereocenters. The maximum atomic E-state index is 12.2. The molecule has 0 heterocycles. The van der Waals surface area contributed by atoms with Gasteiger partial charge in [-0.05, 0) is 42.7 Å². The normalized spacial score (nSPS) is 9.88. The molecule has 0 atom stereocenters. The second kappa shape index (κ2) is 9.23. The fourth-order valence-corrected chi connectivity index (χ4v) is 2.33. The second-order valence-corrected chi connectivity index (χ2v) is 5.80. The minimum atomic E-state index is -0.355. The Kier molecular flexibility index (Phi) is 6.75. The van der Waals surface area contributed by atoms with Crippen LogP contribution in [0.3, 0.4) is 0 Å². The summed E-state index contributed by atoms with van der Waals surface area (Å²) in [6, 6.07) is 14.6. The summed E-state index contributed by atoms with van der Waals surface area (Å²) in [6.07, 6.45) is -0.196. The van der Waals surface area contributed by atoms with Crippen LogP contribution in [0.1, 0.15) is 23.1 Å². The van der Waals surface area contributed by atoms with Crippen molar-refractivity contribution in [2.24, 2.45) is 0 Å². The van der Waals surface area contributed by atoms with E-state index >= 15 is 0 Å². The first kappa shape index (κ1) is 19.0. The van der Waals surface area contributed by atoms with E-state index in [0.29, 0.717) is 11.4 Å². The van der Waals surface area contributed by atoms with E-state index in [1.165, 1.54) is 0 Å². The fraction of sp³-hybridized carbons (Fsp3) is 0.250. The second-order valence-electron chi connectivity index (χ2n) is 5.80. The van der Waals surface area contributed by atoms with Gasteiger partial charge < -0.3 is 15.4 Å². The molecule has 0 saturated carbocycles. The van der Waals surface area contributed by atoms with Crippen LogP contribution in [0.2, 0.25) is 0 Å². The molecule has 0 saturated heterocycles. The van der Waals surface area contributed by atoms with E-state index in [1.807, 2.05) is 38.1 Å². The molecular formula is C20H21N3O3. The molecule has 0 aromatic heterocycles. The lowest BCUT2D eigenvalue weighted by Crippen LogP contribution is -2.24. The molecule has 0 fully saturated rings. The number of nitrogens with one attached hydrogen (secondary N) is 2. The molecule has 2 N–H and O–H groups in total. The average Bonchev–Trinajstić information content (AvgIpc) is 2.62. The number of amides is 2. The first-order chi connectivity index (χ1) is 12.5. The summed E-state index contributed by atoms with van der Waals surface area (Å²) in [5, 5.41) is 13.9. The average molecular weight is 351 g/mol. The number of nitriles is 1. The van der Waals surface area contributed by atoms with Crippen LogP contribution >= 0.6 is 0 Å². The summed E-state index contributed by atoms with van der Waals surface area (Å²) in [6.45, 7) is 4.05. The highest BCUT2D eigenvalue weighted by Crippen LogP contribution is 2.20. The Bertz CT molecular complexity index is 840. The number of carbonyl (C=O) groups excluding carboxylic acids is 2. The maximum Gasteiger partial charge on any atom is 0.262 e. The zero-order valence-electron chi connectivity index (χ0n) is 14.8. The fourth-order valence-electron chi connectivity index (χ4n) is 2.33. The van der Waals surface area contributed by atoms with Crippen LogP contribution in [0, 0.1) is 25.2 Å². The van der Waals surface area contributed by atoms with Crippen molar-refractivity contribution in [1.82, 2.24) is 5.32 Å². The van der Waals surface area contributed by atoms with Gasteiger partial charge in [0, 0.05) is 12.2 Å². The van der Waals surface area contributed by atoms with Crippen LogP contribution in [0.25, 0.3) is 0 Å². The van der Waals surface area contributed by atoms with E-state index < -0.39 is 0 Å². The zero-order valence-corrected chi connectivity index (χ0v) is 14.8. The number of ether oxygens (including phenoxy) is 1. The molecule has 0 aliphatic heterocycles. The summed E-state index contributed by atoms with van der Waals surface area (Å²) in [5.74, 6) is 0.0331. The van der Waals surface area contributed by atoms with Gasteiger partial charge in [-0.15, -0.1) is 0 Å². The number of nitrogens with zero attached hydrogens (tertiary/aromatic N) is 1. The van der Waals surface area contributed by atoms with Crippen molar-refractivity contribution < 1.29 is 14.3 Å². The summed E-state index contributed by atoms with van der Waals surface area (Å²) >= 11 is 0. The highest BCUT2D eigenvalue weighted by atomic mass is 16.5. The Morgan fingerprint density at radius 3 is 2.62 bits per heavy atom. The first-order valence-electron chi connectivity index (χ1n) is 8.21. The Hall–Kier alpha value is -3.33. The Morgan fingerprint density at radius 2 is 1.85 bits per heavy atom. The standard InChI is InChI=1S/C20H21N3O3/c1-14-6-5-9-18(15(14)2)26-13-20(25)23-17-8-4-3-7-16(17)12-22-19(24)10-11-21/h3-9H,10,12-13H2,1-2H3,(H,22,24)(H,23,25). The van der Waals surface area contributed by atoms with Gasteiger partial charge in [0.15, 0.2) is 6.61 Å². The maximum absolute atomic E-state index is 12.2. The predicted octanol–water partition coefficient (Wildman–Crippen LogP) is 2.85. The molecule has 134 valence electrons. The molecule has 2 rings (SSSR count). The molecule has 0 radical (unpaired) electrons. The summed E-state index contributed by atoms with van der Waals surface area (Å²) in [7, 11) is 0. The molecule has 26 heavy (non-hydrogen) atoms. The first-order valence-corrected chi connectivity index (χ1v) is 8.21. The number of hydrogen-bond donors (Lipinski definition) is 2. The molecular weight excluding hydrogens is 330 g/mol. The zero-order chi connectivity index (χ0) is 18.9.